The van der Waals surface area contributed by atoms with Gasteiger partial charge in [-0.1, -0.05) is 0 Å². The van der Waals surface area contributed by atoms with Gasteiger partial charge in [0.25, 0.3) is 5.56 Å². The Kier molecular flexibility index (Phi) is 1.84. The van der Waals surface area contributed by atoms with Crippen molar-refractivity contribution in [2.24, 2.45) is 14.1 Å². The minimum Gasteiger partial charge on any atom is -0.279 e. The third kappa shape index (κ3) is 0.985. The summed E-state index contributed by atoms with van der Waals surface area (Å²) in [6.07, 6.45) is 1.44. The third-order valence-corrected chi connectivity index (χ3v) is 2.64. The molecule has 0 aliphatic carbocycles. The SMILES string of the molecule is Cn1c(=O)c2c(ncn2Br)n(C)c1=O. The molecule has 0 atom stereocenters. The zero-order valence-electron chi connectivity index (χ0n) is 7.56. The molecule has 0 aliphatic rings. The van der Waals surface area contributed by atoms with Crippen molar-refractivity contribution in [2.45, 2.75) is 0 Å². The van der Waals surface area contributed by atoms with Crippen molar-refractivity contribution in [1.82, 2.24) is 17.7 Å². The highest BCUT2D eigenvalue weighted by Gasteiger charge is 2.12. The van der Waals surface area contributed by atoms with Crippen LogP contribution < -0.4 is 11.2 Å². The summed E-state index contributed by atoms with van der Waals surface area (Å²) in [7, 11) is 3.01. The Morgan fingerprint density at radius 3 is 2.57 bits per heavy atom. The molecule has 2 heterocycles. The number of imidazole rings is 1. The second kappa shape index (κ2) is 2.81. The first-order valence-corrected chi connectivity index (χ1v) is 4.54. The molecule has 74 valence electrons. The molecule has 2 aromatic rings. The van der Waals surface area contributed by atoms with Gasteiger partial charge in [-0.3, -0.25) is 17.5 Å². The van der Waals surface area contributed by atoms with E-state index >= 15 is 0 Å². The normalized spacial score (nSPS) is 11.1. The Bertz CT molecular complexity index is 621. The maximum absolute atomic E-state index is 11.6. The topological polar surface area (TPSA) is 61.8 Å². The summed E-state index contributed by atoms with van der Waals surface area (Å²) in [6, 6.07) is 0. The van der Waals surface area contributed by atoms with E-state index in [1.165, 1.54) is 21.5 Å². The van der Waals surface area contributed by atoms with Crippen molar-refractivity contribution in [2.75, 3.05) is 0 Å². The monoisotopic (exact) mass is 258 g/mol. The molecule has 2 aromatic heterocycles. The quantitative estimate of drug-likeness (QED) is 0.646. The lowest BCUT2D eigenvalue weighted by atomic mass is 10.5. The highest BCUT2D eigenvalue weighted by molar-refractivity contribution is 9.08. The van der Waals surface area contributed by atoms with E-state index in [4.69, 9.17) is 0 Å². The van der Waals surface area contributed by atoms with Crippen LogP contribution in [0.4, 0.5) is 0 Å². The second-order valence-electron chi connectivity index (χ2n) is 2.93. The van der Waals surface area contributed by atoms with E-state index < -0.39 is 0 Å². The number of halogens is 1. The Labute approximate surface area is 86.7 Å². The van der Waals surface area contributed by atoms with Gasteiger partial charge in [-0.25, -0.2) is 9.78 Å². The molecular formula is C7H7BrN4O2. The summed E-state index contributed by atoms with van der Waals surface area (Å²) in [6.45, 7) is 0. The molecule has 0 unspecified atom stereocenters. The van der Waals surface area contributed by atoms with E-state index in [0.717, 1.165) is 4.57 Å². The van der Waals surface area contributed by atoms with Gasteiger partial charge in [0.15, 0.2) is 11.2 Å². The molecule has 0 aliphatic heterocycles. The number of aromatic nitrogens is 4. The van der Waals surface area contributed by atoms with Gasteiger partial charge in [0, 0.05) is 14.1 Å². The molecule has 0 bridgehead atoms. The molecule has 0 saturated heterocycles. The van der Waals surface area contributed by atoms with Crippen molar-refractivity contribution in [3.05, 3.63) is 27.2 Å². The smallest absolute Gasteiger partial charge is 0.279 e. The minimum atomic E-state index is -0.381. The molecule has 0 amide bonds. The molecule has 0 spiro atoms. The van der Waals surface area contributed by atoms with Crippen molar-refractivity contribution >= 4 is 27.3 Å². The van der Waals surface area contributed by atoms with Crippen LogP contribution in [-0.4, -0.2) is 17.7 Å². The highest BCUT2D eigenvalue weighted by Crippen LogP contribution is 2.06. The van der Waals surface area contributed by atoms with E-state index in [1.54, 1.807) is 7.05 Å². The summed E-state index contributed by atoms with van der Waals surface area (Å²) in [5, 5.41) is 0. The van der Waals surface area contributed by atoms with Crippen LogP contribution in [0.3, 0.4) is 0 Å². The first-order chi connectivity index (χ1) is 6.54. The zero-order valence-corrected chi connectivity index (χ0v) is 9.15. The van der Waals surface area contributed by atoms with Crippen molar-refractivity contribution in [3.8, 4) is 0 Å². The summed E-state index contributed by atoms with van der Waals surface area (Å²) in [5.41, 5.74) is -0.0178. The van der Waals surface area contributed by atoms with Crippen molar-refractivity contribution in [1.29, 1.82) is 0 Å². The molecule has 6 nitrogen and oxygen atoms in total. The number of hydrogen-bond donors (Lipinski definition) is 0. The summed E-state index contributed by atoms with van der Waals surface area (Å²) >= 11 is 3.14. The van der Waals surface area contributed by atoms with Crippen molar-refractivity contribution < 1.29 is 0 Å². The van der Waals surface area contributed by atoms with Crippen LogP contribution in [-0.2, 0) is 14.1 Å². The van der Waals surface area contributed by atoms with Gasteiger partial charge in [-0.2, -0.15) is 0 Å². The summed E-state index contributed by atoms with van der Waals surface area (Å²) in [4.78, 5) is 27.1. The van der Waals surface area contributed by atoms with Crippen LogP contribution in [0.5, 0.6) is 0 Å². The van der Waals surface area contributed by atoms with Crippen LogP contribution in [0, 0.1) is 0 Å². The zero-order chi connectivity index (χ0) is 10.5. The molecule has 2 rings (SSSR count). The number of nitrogens with zero attached hydrogens (tertiary/aromatic N) is 4. The number of rotatable bonds is 0. The fraction of sp³-hybridized carbons (Fsp3) is 0.286. The molecule has 0 N–H and O–H groups in total. The standard InChI is InChI=1S/C7H7BrN4O2/c1-10-5-4(12(8)3-9-5)6(13)11(2)7(10)14/h3H,1-2H3. The summed E-state index contributed by atoms with van der Waals surface area (Å²) in [5.74, 6) is 0. The molecule has 0 saturated carbocycles. The van der Waals surface area contributed by atoms with Gasteiger partial charge in [0.2, 0.25) is 0 Å². The Balaban J connectivity index is 3.22. The molecular weight excluding hydrogens is 252 g/mol. The maximum atomic E-state index is 11.6. The first-order valence-electron chi connectivity index (χ1n) is 3.83. The number of hydrogen-bond acceptors (Lipinski definition) is 3. The second-order valence-corrected chi connectivity index (χ2v) is 3.70. The van der Waals surface area contributed by atoms with Gasteiger partial charge < -0.3 is 0 Å². The average Bonchev–Trinajstić information content (AvgIpc) is 2.54. The molecule has 14 heavy (non-hydrogen) atoms. The van der Waals surface area contributed by atoms with Crippen LogP contribution in [0.25, 0.3) is 11.2 Å². The minimum absolute atomic E-state index is 0.356. The maximum Gasteiger partial charge on any atom is 0.332 e. The van der Waals surface area contributed by atoms with Gasteiger partial charge in [-0.05, 0) is 0 Å². The van der Waals surface area contributed by atoms with E-state index in [2.05, 4.69) is 21.1 Å². The Morgan fingerprint density at radius 1 is 1.29 bits per heavy atom. The van der Waals surface area contributed by atoms with Gasteiger partial charge >= 0.3 is 5.69 Å². The van der Waals surface area contributed by atoms with E-state index in [9.17, 15) is 9.59 Å². The lowest BCUT2D eigenvalue weighted by molar-refractivity contribution is 0.708. The molecule has 7 heteroatoms. The van der Waals surface area contributed by atoms with Crippen LogP contribution >= 0.6 is 16.1 Å². The van der Waals surface area contributed by atoms with Crippen LogP contribution in [0.2, 0.25) is 0 Å². The van der Waals surface area contributed by atoms with E-state index in [0.29, 0.717) is 11.2 Å². The summed E-state index contributed by atoms with van der Waals surface area (Å²) < 4.78 is 3.79. The molecule has 0 radical (unpaired) electrons. The lowest BCUT2D eigenvalue weighted by Crippen LogP contribution is -2.37. The Hall–Kier alpha value is -1.37. The van der Waals surface area contributed by atoms with Crippen molar-refractivity contribution in [3.63, 3.8) is 0 Å². The van der Waals surface area contributed by atoms with E-state index in [1.807, 2.05) is 0 Å². The fourth-order valence-corrected chi connectivity index (χ4v) is 1.72. The van der Waals surface area contributed by atoms with Crippen LogP contribution in [0.1, 0.15) is 0 Å². The lowest BCUT2D eigenvalue weighted by Gasteiger charge is -2.02. The van der Waals surface area contributed by atoms with Gasteiger partial charge in [-0.15, -0.1) is 0 Å². The fourth-order valence-electron chi connectivity index (χ4n) is 1.31. The van der Waals surface area contributed by atoms with Gasteiger partial charge in [0.1, 0.15) is 6.33 Å². The average molecular weight is 259 g/mol. The van der Waals surface area contributed by atoms with E-state index in [-0.39, 0.29) is 11.2 Å². The number of aryl methyl sites for hydroxylation is 1. The Morgan fingerprint density at radius 2 is 1.93 bits per heavy atom. The predicted molar refractivity (Wildman–Crippen MR) is 54.5 cm³/mol. The third-order valence-electron chi connectivity index (χ3n) is 2.11. The number of fused-ring (bicyclic) bond motifs is 1. The molecule has 0 fully saturated rings. The highest BCUT2D eigenvalue weighted by atomic mass is 79.9. The largest absolute Gasteiger partial charge is 0.332 e. The van der Waals surface area contributed by atoms with Crippen LogP contribution in [0.15, 0.2) is 15.9 Å². The van der Waals surface area contributed by atoms with Gasteiger partial charge in [0.05, 0.1) is 16.1 Å². The predicted octanol–water partition coefficient (Wildman–Crippen LogP) is -0.408. The first kappa shape index (κ1) is 9.20. The molecule has 0 aromatic carbocycles.